The van der Waals surface area contributed by atoms with Gasteiger partial charge in [-0.2, -0.15) is 0 Å². The largest absolute Gasteiger partial charge is 0.378 e. The molecule has 0 radical (unpaired) electrons. The van der Waals surface area contributed by atoms with E-state index in [1.807, 2.05) is 29.6 Å². The molecule has 0 atom stereocenters. The number of rotatable bonds is 4. The first-order chi connectivity index (χ1) is 14.3. The summed E-state index contributed by atoms with van der Waals surface area (Å²) in [6, 6.07) is 9.44. The van der Waals surface area contributed by atoms with Crippen molar-refractivity contribution in [3.05, 3.63) is 53.7 Å². The molecule has 5 rings (SSSR count). The predicted molar refractivity (Wildman–Crippen MR) is 112 cm³/mol. The average molecular weight is 406 g/mol. The van der Waals surface area contributed by atoms with Crippen molar-refractivity contribution >= 4 is 39.2 Å². The summed E-state index contributed by atoms with van der Waals surface area (Å²) in [5.41, 5.74) is 2.85. The Morgan fingerprint density at radius 2 is 2.07 bits per heavy atom. The second-order valence-corrected chi connectivity index (χ2v) is 7.48. The second kappa shape index (κ2) is 7.61. The number of morpholine rings is 1. The molecule has 4 heterocycles. The molecule has 8 nitrogen and oxygen atoms in total. The summed E-state index contributed by atoms with van der Waals surface area (Å²) in [6.07, 6.45) is 3.44. The van der Waals surface area contributed by atoms with Gasteiger partial charge in [0.1, 0.15) is 17.2 Å². The van der Waals surface area contributed by atoms with E-state index in [9.17, 15) is 4.79 Å². The number of aromatic amines is 1. The summed E-state index contributed by atoms with van der Waals surface area (Å²) in [6.45, 7) is 3.04. The van der Waals surface area contributed by atoms with Crippen LogP contribution in [0.4, 0.5) is 10.9 Å². The highest BCUT2D eigenvalue weighted by molar-refractivity contribution is 7.13. The normalized spacial score (nSPS) is 14.3. The third kappa shape index (κ3) is 3.57. The zero-order chi connectivity index (χ0) is 19.6. The van der Waals surface area contributed by atoms with Crippen LogP contribution in [0.1, 0.15) is 10.4 Å². The number of pyridine rings is 1. The number of aromatic nitrogens is 4. The standard InChI is InChI=1S/C20H18N6O2S/c27-19(25-20-22-6-11-29-20)14-2-1-3-15-17(14)24-18(23-15)13-4-5-21-16(12-13)26-7-9-28-10-8-26/h1-6,11-12H,7-10H2,(H,23,24)(H,22,25,27). The average Bonchev–Trinajstić information content (AvgIpc) is 3.44. The smallest absolute Gasteiger partial charge is 0.259 e. The Labute approximate surface area is 170 Å². The molecular weight excluding hydrogens is 388 g/mol. The third-order valence-electron chi connectivity index (χ3n) is 4.76. The molecule has 29 heavy (non-hydrogen) atoms. The Hall–Kier alpha value is -3.30. The van der Waals surface area contributed by atoms with Gasteiger partial charge in [0.25, 0.3) is 5.91 Å². The van der Waals surface area contributed by atoms with E-state index in [0.717, 1.165) is 30.0 Å². The fourth-order valence-electron chi connectivity index (χ4n) is 3.33. The van der Waals surface area contributed by atoms with Crippen LogP contribution in [0.5, 0.6) is 0 Å². The van der Waals surface area contributed by atoms with Crippen LogP contribution >= 0.6 is 11.3 Å². The van der Waals surface area contributed by atoms with Crippen LogP contribution in [-0.2, 0) is 4.74 Å². The van der Waals surface area contributed by atoms with E-state index >= 15 is 0 Å². The number of H-pyrrole nitrogens is 1. The molecule has 1 amide bonds. The number of carbonyl (C=O) groups is 1. The molecule has 9 heteroatoms. The number of hydrogen-bond acceptors (Lipinski definition) is 7. The van der Waals surface area contributed by atoms with Crippen molar-refractivity contribution in [2.24, 2.45) is 0 Å². The second-order valence-electron chi connectivity index (χ2n) is 6.58. The monoisotopic (exact) mass is 406 g/mol. The molecule has 1 fully saturated rings. The molecule has 1 aliphatic rings. The Morgan fingerprint density at radius 3 is 2.90 bits per heavy atom. The van der Waals surface area contributed by atoms with Gasteiger partial charge >= 0.3 is 0 Å². The first-order valence-electron chi connectivity index (χ1n) is 9.26. The van der Waals surface area contributed by atoms with Crippen molar-refractivity contribution in [1.29, 1.82) is 0 Å². The van der Waals surface area contributed by atoms with E-state index in [-0.39, 0.29) is 5.91 Å². The van der Waals surface area contributed by atoms with Crippen LogP contribution in [0, 0.1) is 0 Å². The summed E-state index contributed by atoms with van der Waals surface area (Å²) in [5, 5.41) is 5.20. The first-order valence-corrected chi connectivity index (χ1v) is 10.1. The maximum atomic E-state index is 12.7. The van der Waals surface area contributed by atoms with Crippen molar-refractivity contribution in [2.45, 2.75) is 0 Å². The number of amides is 1. The quantitative estimate of drug-likeness (QED) is 0.540. The molecule has 1 aromatic carbocycles. The van der Waals surface area contributed by atoms with Crippen molar-refractivity contribution < 1.29 is 9.53 Å². The summed E-state index contributed by atoms with van der Waals surface area (Å²) < 4.78 is 5.42. The lowest BCUT2D eigenvalue weighted by molar-refractivity contribution is 0.102. The fraction of sp³-hybridized carbons (Fsp3) is 0.200. The van der Waals surface area contributed by atoms with Crippen molar-refractivity contribution in [3.63, 3.8) is 0 Å². The molecule has 1 saturated heterocycles. The van der Waals surface area contributed by atoms with Gasteiger partial charge in [0.05, 0.1) is 24.3 Å². The fourth-order valence-corrected chi connectivity index (χ4v) is 3.86. The van der Waals surface area contributed by atoms with Gasteiger partial charge in [-0.3, -0.25) is 10.1 Å². The summed E-state index contributed by atoms with van der Waals surface area (Å²) >= 11 is 1.38. The van der Waals surface area contributed by atoms with E-state index in [0.29, 0.717) is 35.2 Å². The van der Waals surface area contributed by atoms with E-state index in [1.165, 1.54) is 11.3 Å². The van der Waals surface area contributed by atoms with Crippen LogP contribution < -0.4 is 10.2 Å². The van der Waals surface area contributed by atoms with Gasteiger partial charge in [0.15, 0.2) is 5.13 Å². The Morgan fingerprint density at radius 1 is 1.17 bits per heavy atom. The number of hydrogen-bond donors (Lipinski definition) is 2. The Bertz CT molecular complexity index is 1150. The molecule has 0 unspecified atom stereocenters. The molecule has 0 spiro atoms. The summed E-state index contributed by atoms with van der Waals surface area (Å²) in [4.78, 5) is 31.5. The Kier molecular flexibility index (Phi) is 4.66. The number of anilines is 2. The molecule has 3 aromatic heterocycles. The van der Waals surface area contributed by atoms with Gasteiger partial charge in [0, 0.05) is 36.4 Å². The van der Waals surface area contributed by atoms with Crippen molar-refractivity contribution in [2.75, 3.05) is 36.5 Å². The van der Waals surface area contributed by atoms with Gasteiger partial charge in [-0.1, -0.05) is 6.07 Å². The molecule has 0 saturated carbocycles. The molecule has 146 valence electrons. The van der Waals surface area contributed by atoms with E-state index in [2.05, 4.69) is 25.2 Å². The van der Waals surface area contributed by atoms with Gasteiger partial charge < -0.3 is 14.6 Å². The SMILES string of the molecule is O=C(Nc1nccs1)c1cccc2[nH]c(-c3ccnc(N4CCOCC4)c3)nc12. The van der Waals surface area contributed by atoms with Crippen LogP contribution in [0.25, 0.3) is 22.4 Å². The van der Waals surface area contributed by atoms with E-state index in [1.54, 1.807) is 18.5 Å². The number of benzene rings is 1. The minimum Gasteiger partial charge on any atom is -0.378 e. The highest BCUT2D eigenvalue weighted by atomic mass is 32.1. The number of fused-ring (bicyclic) bond motifs is 1. The molecule has 2 N–H and O–H groups in total. The van der Waals surface area contributed by atoms with E-state index < -0.39 is 0 Å². The Balaban J connectivity index is 1.48. The number of carbonyl (C=O) groups excluding carboxylic acids is 1. The number of para-hydroxylation sites is 1. The molecule has 4 aromatic rings. The predicted octanol–water partition coefficient (Wildman–Crippen LogP) is 3.17. The lowest BCUT2D eigenvalue weighted by Gasteiger charge is -2.27. The highest BCUT2D eigenvalue weighted by Gasteiger charge is 2.17. The lowest BCUT2D eigenvalue weighted by Crippen LogP contribution is -2.36. The minimum absolute atomic E-state index is 0.229. The minimum atomic E-state index is -0.229. The molecule has 0 aliphatic carbocycles. The van der Waals surface area contributed by atoms with Gasteiger partial charge in [0.2, 0.25) is 0 Å². The van der Waals surface area contributed by atoms with Gasteiger partial charge in [-0.15, -0.1) is 11.3 Å². The number of thiazole rings is 1. The van der Waals surface area contributed by atoms with Crippen molar-refractivity contribution in [1.82, 2.24) is 19.9 Å². The first kappa shape index (κ1) is 17.8. The molecule has 0 bridgehead atoms. The van der Waals surface area contributed by atoms with Crippen LogP contribution in [0.2, 0.25) is 0 Å². The summed E-state index contributed by atoms with van der Waals surface area (Å²) in [5.74, 6) is 1.37. The van der Waals surface area contributed by atoms with Crippen LogP contribution in [0.3, 0.4) is 0 Å². The zero-order valence-corrected chi connectivity index (χ0v) is 16.3. The number of imidazole rings is 1. The summed E-state index contributed by atoms with van der Waals surface area (Å²) in [7, 11) is 0. The third-order valence-corrected chi connectivity index (χ3v) is 5.45. The zero-order valence-electron chi connectivity index (χ0n) is 15.5. The van der Waals surface area contributed by atoms with Gasteiger partial charge in [-0.25, -0.2) is 15.0 Å². The van der Waals surface area contributed by atoms with Crippen LogP contribution in [0.15, 0.2) is 48.1 Å². The topological polar surface area (TPSA) is 96.0 Å². The number of nitrogens with zero attached hydrogens (tertiary/aromatic N) is 4. The van der Waals surface area contributed by atoms with Crippen LogP contribution in [-0.4, -0.2) is 52.1 Å². The van der Waals surface area contributed by atoms with Crippen molar-refractivity contribution in [3.8, 4) is 11.4 Å². The molecular formula is C20H18N6O2S. The number of ether oxygens (including phenoxy) is 1. The van der Waals surface area contributed by atoms with Gasteiger partial charge in [-0.05, 0) is 24.3 Å². The lowest BCUT2D eigenvalue weighted by atomic mass is 10.2. The number of nitrogens with one attached hydrogen (secondary N) is 2. The van der Waals surface area contributed by atoms with E-state index in [4.69, 9.17) is 9.72 Å². The maximum absolute atomic E-state index is 12.7. The molecule has 1 aliphatic heterocycles. The highest BCUT2D eigenvalue weighted by Crippen LogP contribution is 2.26. The maximum Gasteiger partial charge on any atom is 0.259 e.